The molecule has 3 N–H and O–H groups in total. The quantitative estimate of drug-likeness (QED) is 0.570. The van der Waals surface area contributed by atoms with Gasteiger partial charge in [0.2, 0.25) is 5.91 Å². The Morgan fingerprint density at radius 3 is 2.73 bits per heavy atom. The lowest BCUT2D eigenvalue weighted by Gasteiger charge is -2.21. The van der Waals surface area contributed by atoms with E-state index in [1.165, 1.54) is 12.8 Å². The molecule has 88 valence electrons. The van der Waals surface area contributed by atoms with Gasteiger partial charge in [-0.25, -0.2) is 0 Å². The molecule has 0 aromatic rings. The molecule has 1 rings (SSSR count). The summed E-state index contributed by atoms with van der Waals surface area (Å²) in [7, 11) is 0. The third kappa shape index (κ3) is 5.74. The molecule has 0 aliphatic heterocycles. The summed E-state index contributed by atoms with van der Waals surface area (Å²) in [5.74, 6) is 0.751. The standard InChI is InChI=1S/C11H22N2O2/c1-3-11(2,15)8-13-10(14)7-12-6-9-4-5-9/h9,12,15H,3-8H2,1-2H3,(H,13,14). The van der Waals surface area contributed by atoms with Gasteiger partial charge in [0.25, 0.3) is 0 Å². The summed E-state index contributed by atoms with van der Waals surface area (Å²) in [6, 6.07) is 0. The van der Waals surface area contributed by atoms with E-state index in [-0.39, 0.29) is 5.91 Å². The second kappa shape index (κ2) is 5.47. The zero-order valence-corrected chi connectivity index (χ0v) is 9.68. The first-order valence-electron chi connectivity index (χ1n) is 5.73. The molecule has 15 heavy (non-hydrogen) atoms. The van der Waals surface area contributed by atoms with Gasteiger partial charge in [-0.05, 0) is 38.6 Å². The number of hydrogen-bond donors (Lipinski definition) is 3. The van der Waals surface area contributed by atoms with Gasteiger partial charge in [-0.1, -0.05) is 6.92 Å². The molecule has 1 aliphatic rings. The maximum absolute atomic E-state index is 11.3. The van der Waals surface area contributed by atoms with Gasteiger partial charge in [0.15, 0.2) is 0 Å². The van der Waals surface area contributed by atoms with E-state index in [1.807, 2.05) is 6.92 Å². The molecule has 1 aliphatic carbocycles. The van der Waals surface area contributed by atoms with Crippen LogP contribution in [0.5, 0.6) is 0 Å². The number of carbonyl (C=O) groups excluding carboxylic acids is 1. The summed E-state index contributed by atoms with van der Waals surface area (Å²) in [5, 5.41) is 15.5. The number of hydrogen-bond acceptors (Lipinski definition) is 3. The van der Waals surface area contributed by atoms with E-state index in [0.29, 0.717) is 19.5 Å². The fourth-order valence-electron chi connectivity index (χ4n) is 1.19. The maximum atomic E-state index is 11.3. The molecule has 0 saturated heterocycles. The lowest BCUT2D eigenvalue weighted by Crippen LogP contribution is -2.43. The first-order valence-corrected chi connectivity index (χ1v) is 5.73. The van der Waals surface area contributed by atoms with Gasteiger partial charge in [-0.15, -0.1) is 0 Å². The molecule has 0 radical (unpaired) electrons. The molecule has 0 aromatic carbocycles. The fourth-order valence-corrected chi connectivity index (χ4v) is 1.19. The van der Waals surface area contributed by atoms with Gasteiger partial charge < -0.3 is 15.7 Å². The topological polar surface area (TPSA) is 61.4 Å². The Morgan fingerprint density at radius 2 is 2.20 bits per heavy atom. The zero-order chi connectivity index (χ0) is 11.3. The summed E-state index contributed by atoms with van der Waals surface area (Å²) >= 11 is 0. The number of nitrogens with one attached hydrogen (secondary N) is 2. The van der Waals surface area contributed by atoms with E-state index in [0.717, 1.165) is 12.5 Å². The number of carbonyl (C=O) groups is 1. The highest BCUT2D eigenvalue weighted by molar-refractivity contribution is 5.78. The van der Waals surface area contributed by atoms with E-state index >= 15 is 0 Å². The van der Waals surface area contributed by atoms with Crippen LogP contribution in [0.1, 0.15) is 33.1 Å². The molecular weight excluding hydrogens is 192 g/mol. The average Bonchev–Trinajstić information content (AvgIpc) is 2.99. The van der Waals surface area contributed by atoms with E-state index in [4.69, 9.17) is 0 Å². The van der Waals surface area contributed by atoms with Crippen LogP contribution in [-0.2, 0) is 4.79 Å². The molecule has 0 aromatic heterocycles. The van der Waals surface area contributed by atoms with Crippen molar-refractivity contribution in [3.8, 4) is 0 Å². The van der Waals surface area contributed by atoms with Crippen LogP contribution in [0.3, 0.4) is 0 Å². The van der Waals surface area contributed by atoms with E-state index in [1.54, 1.807) is 6.92 Å². The molecule has 4 heteroatoms. The van der Waals surface area contributed by atoms with Crippen molar-refractivity contribution in [2.24, 2.45) is 5.92 Å². The smallest absolute Gasteiger partial charge is 0.234 e. The Kier molecular flexibility index (Phi) is 4.54. The Hall–Kier alpha value is -0.610. The van der Waals surface area contributed by atoms with Crippen LogP contribution >= 0.6 is 0 Å². The third-order valence-electron chi connectivity index (χ3n) is 2.84. The lowest BCUT2D eigenvalue weighted by atomic mass is 10.0. The molecule has 4 nitrogen and oxygen atoms in total. The van der Waals surface area contributed by atoms with Crippen molar-refractivity contribution < 1.29 is 9.90 Å². The first-order chi connectivity index (χ1) is 7.03. The largest absolute Gasteiger partial charge is 0.388 e. The van der Waals surface area contributed by atoms with Gasteiger partial charge in [0.05, 0.1) is 12.1 Å². The summed E-state index contributed by atoms with van der Waals surface area (Å²) in [6.45, 7) is 5.25. The minimum absolute atomic E-state index is 0.0376. The Morgan fingerprint density at radius 1 is 1.53 bits per heavy atom. The van der Waals surface area contributed by atoms with Crippen LogP contribution in [0.2, 0.25) is 0 Å². The predicted octanol–water partition coefficient (Wildman–Crippen LogP) is 0.263. The summed E-state index contributed by atoms with van der Waals surface area (Å²) in [4.78, 5) is 11.3. The fraction of sp³-hybridized carbons (Fsp3) is 0.909. The molecule has 1 saturated carbocycles. The van der Waals surface area contributed by atoms with Crippen LogP contribution in [0.15, 0.2) is 0 Å². The molecule has 0 heterocycles. The highest BCUT2D eigenvalue weighted by Gasteiger charge is 2.21. The van der Waals surface area contributed by atoms with Crippen molar-refractivity contribution in [3.63, 3.8) is 0 Å². The molecule has 1 amide bonds. The van der Waals surface area contributed by atoms with Gasteiger partial charge >= 0.3 is 0 Å². The van der Waals surface area contributed by atoms with Crippen LogP contribution in [0.25, 0.3) is 0 Å². The molecular formula is C11H22N2O2. The molecule has 0 bridgehead atoms. The minimum Gasteiger partial charge on any atom is -0.388 e. The first kappa shape index (κ1) is 12.5. The van der Waals surface area contributed by atoms with Crippen molar-refractivity contribution >= 4 is 5.91 Å². The Labute approximate surface area is 91.4 Å². The Balaban J connectivity index is 2.01. The second-order valence-corrected chi connectivity index (χ2v) is 4.70. The van der Waals surface area contributed by atoms with E-state index < -0.39 is 5.60 Å². The molecule has 0 spiro atoms. The minimum atomic E-state index is -0.786. The zero-order valence-electron chi connectivity index (χ0n) is 9.68. The summed E-state index contributed by atoms with van der Waals surface area (Å²) in [5.41, 5.74) is -0.786. The lowest BCUT2D eigenvalue weighted by molar-refractivity contribution is -0.121. The van der Waals surface area contributed by atoms with Crippen LogP contribution < -0.4 is 10.6 Å². The van der Waals surface area contributed by atoms with Gasteiger partial charge in [-0.2, -0.15) is 0 Å². The number of rotatable bonds is 7. The maximum Gasteiger partial charge on any atom is 0.234 e. The highest BCUT2D eigenvalue weighted by Crippen LogP contribution is 2.27. The second-order valence-electron chi connectivity index (χ2n) is 4.70. The SMILES string of the molecule is CCC(C)(O)CNC(=O)CNCC1CC1. The van der Waals surface area contributed by atoms with Crippen LogP contribution in [-0.4, -0.2) is 36.2 Å². The average molecular weight is 214 g/mol. The summed E-state index contributed by atoms with van der Waals surface area (Å²) < 4.78 is 0. The molecule has 1 fully saturated rings. The van der Waals surface area contributed by atoms with Crippen molar-refractivity contribution in [2.75, 3.05) is 19.6 Å². The number of aliphatic hydroxyl groups is 1. The van der Waals surface area contributed by atoms with Crippen molar-refractivity contribution in [1.82, 2.24) is 10.6 Å². The summed E-state index contributed by atoms with van der Waals surface area (Å²) in [6.07, 6.45) is 3.22. The predicted molar refractivity (Wildman–Crippen MR) is 59.5 cm³/mol. The van der Waals surface area contributed by atoms with Gasteiger partial charge in [0.1, 0.15) is 0 Å². The van der Waals surface area contributed by atoms with Crippen molar-refractivity contribution in [2.45, 2.75) is 38.7 Å². The Bertz CT molecular complexity index is 213. The molecule has 1 unspecified atom stereocenters. The third-order valence-corrected chi connectivity index (χ3v) is 2.84. The van der Waals surface area contributed by atoms with Gasteiger partial charge in [0, 0.05) is 6.54 Å². The highest BCUT2D eigenvalue weighted by atomic mass is 16.3. The van der Waals surface area contributed by atoms with Gasteiger partial charge in [-0.3, -0.25) is 4.79 Å². The van der Waals surface area contributed by atoms with Crippen molar-refractivity contribution in [1.29, 1.82) is 0 Å². The normalized spacial score (nSPS) is 19.7. The van der Waals surface area contributed by atoms with Crippen molar-refractivity contribution in [3.05, 3.63) is 0 Å². The molecule has 1 atom stereocenters. The van der Waals surface area contributed by atoms with Crippen LogP contribution in [0.4, 0.5) is 0 Å². The van der Waals surface area contributed by atoms with Crippen LogP contribution in [0, 0.1) is 5.92 Å². The van der Waals surface area contributed by atoms with E-state index in [2.05, 4.69) is 10.6 Å². The van der Waals surface area contributed by atoms with E-state index in [9.17, 15) is 9.90 Å². The monoisotopic (exact) mass is 214 g/mol. The number of amides is 1.